The second-order valence-electron chi connectivity index (χ2n) is 6.53. The van der Waals surface area contributed by atoms with Crippen molar-refractivity contribution in [3.63, 3.8) is 0 Å². The molecule has 0 radical (unpaired) electrons. The van der Waals surface area contributed by atoms with Gasteiger partial charge < -0.3 is 5.32 Å². The smallest absolute Gasteiger partial charge is 0.255 e. The molecule has 6 nitrogen and oxygen atoms in total. The van der Waals surface area contributed by atoms with Crippen molar-refractivity contribution in [3.8, 4) is 16.9 Å². The van der Waals surface area contributed by atoms with Gasteiger partial charge in [0.05, 0.1) is 17.6 Å². The Labute approximate surface area is 167 Å². The number of amides is 1. The largest absolute Gasteiger partial charge is 0.322 e. The zero-order valence-corrected chi connectivity index (χ0v) is 15.7. The molecule has 0 unspecified atom stereocenters. The van der Waals surface area contributed by atoms with Gasteiger partial charge in [0.2, 0.25) is 0 Å². The summed E-state index contributed by atoms with van der Waals surface area (Å²) in [6.45, 7) is 1.54. The highest BCUT2D eigenvalue weighted by atomic mass is 16.1. The number of carbonyl (C=O) groups is 2. The first-order chi connectivity index (χ1) is 14.1. The molecule has 142 valence electrons. The Morgan fingerprint density at radius 1 is 0.828 bits per heavy atom. The van der Waals surface area contributed by atoms with Gasteiger partial charge in [0.15, 0.2) is 5.78 Å². The zero-order chi connectivity index (χ0) is 20.2. The monoisotopic (exact) mass is 382 g/mol. The van der Waals surface area contributed by atoms with E-state index in [-0.39, 0.29) is 11.7 Å². The Morgan fingerprint density at radius 3 is 2.17 bits per heavy atom. The molecule has 0 aliphatic rings. The fraction of sp³-hybridized carbons (Fsp3) is 0.0435. The standard InChI is InChI=1S/C23H18N4O2/c1-16(28)17-9-13-21(14-10-17)27-22(15-24-26-27)18-7-11-20(12-8-18)25-23(29)19-5-3-2-4-6-19/h2-15H,1H3,(H,25,29). The summed E-state index contributed by atoms with van der Waals surface area (Å²) in [6, 6.07) is 23.8. The molecular weight excluding hydrogens is 364 g/mol. The summed E-state index contributed by atoms with van der Waals surface area (Å²) in [4.78, 5) is 23.7. The third kappa shape index (κ3) is 3.96. The van der Waals surface area contributed by atoms with Crippen molar-refractivity contribution in [2.24, 2.45) is 0 Å². The van der Waals surface area contributed by atoms with E-state index in [1.165, 1.54) is 6.92 Å². The van der Waals surface area contributed by atoms with Crippen LogP contribution in [0.25, 0.3) is 16.9 Å². The molecule has 0 aliphatic carbocycles. The van der Waals surface area contributed by atoms with E-state index in [4.69, 9.17) is 0 Å². The van der Waals surface area contributed by atoms with Gasteiger partial charge >= 0.3 is 0 Å². The van der Waals surface area contributed by atoms with Gasteiger partial charge in [-0.05, 0) is 55.5 Å². The Hall–Kier alpha value is -4.06. The molecule has 0 saturated heterocycles. The van der Waals surface area contributed by atoms with Crippen molar-refractivity contribution in [1.82, 2.24) is 15.0 Å². The summed E-state index contributed by atoms with van der Waals surface area (Å²) in [5.41, 5.74) is 4.48. The molecule has 6 heteroatoms. The number of hydrogen-bond acceptors (Lipinski definition) is 4. The maximum Gasteiger partial charge on any atom is 0.255 e. The summed E-state index contributed by atoms with van der Waals surface area (Å²) < 4.78 is 1.71. The number of ketones is 1. The lowest BCUT2D eigenvalue weighted by atomic mass is 10.1. The number of aromatic nitrogens is 3. The van der Waals surface area contributed by atoms with E-state index in [1.807, 2.05) is 54.6 Å². The van der Waals surface area contributed by atoms with Crippen LogP contribution >= 0.6 is 0 Å². The van der Waals surface area contributed by atoms with Gasteiger partial charge in [0.25, 0.3) is 5.91 Å². The van der Waals surface area contributed by atoms with Crippen molar-refractivity contribution in [1.29, 1.82) is 0 Å². The molecule has 3 aromatic carbocycles. The minimum atomic E-state index is -0.157. The molecule has 1 aromatic heterocycles. The molecule has 0 saturated carbocycles. The van der Waals surface area contributed by atoms with E-state index in [2.05, 4.69) is 15.6 Å². The minimum absolute atomic E-state index is 0.0171. The van der Waals surface area contributed by atoms with E-state index in [1.54, 1.807) is 35.1 Å². The van der Waals surface area contributed by atoms with Crippen molar-refractivity contribution >= 4 is 17.4 Å². The molecule has 0 fully saturated rings. The predicted molar refractivity (Wildman–Crippen MR) is 111 cm³/mol. The number of Topliss-reactive ketones (excluding diaryl/α,β-unsaturated/α-hetero) is 1. The molecule has 0 bridgehead atoms. The summed E-state index contributed by atoms with van der Waals surface area (Å²) in [6.07, 6.45) is 1.68. The fourth-order valence-corrected chi connectivity index (χ4v) is 2.98. The lowest BCUT2D eigenvalue weighted by Gasteiger charge is -2.09. The van der Waals surface area contributed by atoms with Crippen LogP contribution in [0.5, 0.6) is 0 Å². The predicted octanol–water partition coefficient (Wildman–Crippen LogP) is 4.39. The summed E-state index contributed by atoms with van der Waals surface area (Å²) in [7, 11) is 0. The van der Waals surface area contributed by atoms with Gasteiger partial charge in [-0.1, -0.05) is 35.5 Å². The number of rotatable bonds is 5. The molecule has 0 aliphatic heterocycles. The van der Waals surface area contributed by atoms with E-state index in [9.17, 15) is 9.59 Å². The average Bonchev–Trinajstić information content (AvgIpc) is 3.25. The van der Waals surface area contributed by atoms with Gasteiger partial charge in [-0.25, -0.2) is 4.68 Å². The minimum Gasteiger partial charge on any atom is -0.322 e. The first-order valence-corrected chi connectivity index (χ1v) is 9.11. The quantitative estimate of drug-likeness (QED) is 0.519. The summed E-state index contributed by atoms with van der Waals surface area (Å²) >= 11 is 0. The molecule has 4 aromatic rings. The number of benzene rings is 3. The first-order valence-electron chi connectivity index (χ1n) is 9.11. The molecule has 1 amide bonds. The van der Waals surface area contributed by atoms with Crippen molar-refractivity contribution in [2.45, 2.75) is 6.92 Å². The van der Waals surface area contributed by atoms with Crippen LogP contribution in [0.4, 0.5) is 5.69 Å². The zero-order valence-electron chi connectivity index (χ0n) is 15.7. The van der Waals surface area contributed by atoms with E-state index in [0.29, 0.717) is 16.8 Å². The van der Waals surface area contributed by atoms with Crippen LogP contribution in [-0.2, 0) is 0 Å². The SMILES string of the molecule is CC(=O)c1ccc(-n2nncc2-c2ccc(NC(=O)c3ccccc3)cc2)cc1. The Bertz CT molecular complexity index is 1150. The van der Waals surface area contributed by atoms with Gasteiger partial charge in [0, 0.05) is 22.4 Å². The van der Waals surface area contributed by atoms with Crippen LogP contribution in [-0.4, -0.2) is 26.7 Å². The van der Waals surface area contributed by atoms with E-state index < -0.39 is 0 Å². The van der Waals surface area contributed by atoms with Crippen LogP contribution in [0.1, 0.15) is 27.6 Å². The van der Waals surface area contributed by atoms with Crippen LogP contribution in [0.2, 0.25) is 0 Å². The number of nitrogens with zero attached hydrogens (tertiary/aromatic N) is 3. The summed E-state index contributed by atoms with van der Waals surface area (Å²) in [5, 5.41) is 11.1. The number of nitrogens with one attached hydrogen (secondary N) is 1. The molecule has 29 heavy (non-hydrogen) atoms. The Kier molecular flexibility index (Phi) is 4.99. The molecule has 0 spiro atoms. The third-order valence-corrected chi connectivity index (χ3v) is 4.54. The lowest BCUT2D eigenvalue weighted by Crippen LogP contribution is -2.11. The van der Waals surface area contributed by atoms with Crippen LogP contribution < -0.4 is 5.32 Å². The lowest BCUT2D eigenvalue weighted by molar-refractivity contribution is 0.101. The fourth-order valence-electron chi connectivity index (χ4n) is 2.98. The maximum absolute atomic E-state index is 12.3. The van der Waals surface area contributed by atoms with Crippen LogP contribution in [0, 0.1) is 0 Å². The first kappa shape index (κ1) is 18.3. The van der Waals surface area contributed by atoms with Crippen LogP contribution in [0.15, 0.2) is 85.1 Å². The highest BCUT2D eigenvalue weighted by Gasteiger charge is 2.10. The van der Waals surface area contributed by atoms with Gasteiger partial charge in [-0.3, -0.25) is 9.59 Å². The number of anilines is 1. The second-order valence-corrected chi connectivity index (χ2v) is 6.53. The average molecular weight is 382 g/mol. The Balaban J connectivity index is 1.55. The third-order valence-electron chi connectivity index (χ3n) is 4.54. The molecular formula is C23H18N4O2. The van der Waals surface area contributed by atoms with E-state index >= 15 is 0 Å². The maximum atomic E-state index is 12.3. The molecule has 1 heterocycles. The van der Waals surface area contributed by atoms with Gasteiger partial charge in [-0.15, -0.1) is 5.10 Å². The highest BCUT2D eigenvalue weighted by molar-refractivity contribution is 6.04. The van der Waals surface area contributed by atoms with E-state index in [0.717, 1.165) is 16.9 Å². The van der Waals surface area contributed by atoms with Gasteiger partial charge in [-0.2, -0.15) is 0 Å². The topological polar surface area (TPSA) is 76.9 Å². The van der Waals surface area contributed by atoms with Crippen molar-refractivity contribution in [2.75, 3.05) is 5.32 Å². The number of hydrogen-bond donors (Lipinski definition) is 1. The van der Waals surface area contributed by atoms with Crippen molar-refractivity contribution in [3.05, 3.63) is 96.2 Å². The number of carbonyl (C=O) groups excluding carboxylic acids is 2. The molecule has 0 atom stereocenters. The highest BCUT2D eigenvalue weighted by Crippen LogP contribution is 2.23. The normalized spacial score (nSPS) is 10.5. The second kappa shape index (κ2) is 7.90. The molecule has 1 N–H and O–H groups in total. The van der Waals surface area contributed by atoms with Crippen LogP contribution in [0.3, 0.4) is 0 Å². The van der Waals surface area contributed by atoms with Gasteiger partial charge in [0.1, 0.15) is 0 Å². The molecule has 4 rings (SSSR count). The summed E-state index contributed by atoms with van der Waals surface area (Å²) in [5.74, 6) is -0.140. The van der Waals surface area contributed by atoms with Crippen molar-refractivity contribution < 1.29 is 9.59 Å². The Morgan fingerprint density at radius 2 is 1.52 bits per heavy atom.